The van der Waals surface area contributed by atoms with E-state index in [1.165, 1.54) is 11.8 Å². The SMILES string of the molecule is CCOC(=O)C(C=NCCCCc1ccccc1)=C(O)c1ccccc1Br. The van der Waals surface area contributed by atoms with Crippen molar-refractivity contribution in [1.82, 2.24) is 0 Å². The van der Waals surface area contributed by atoms with Gasteiger partial charge in [0.1, 0.15) is 11.3 Å². The number of aliphatic hydroxyl groups is 1. The van der Waals surface area contributed by atoms with E-state index in [0.29, 0.717) is 16.6 Å². The maximum Gasteiger partial charge on any atom is 0.343 e. The molecule has 0 saturated carbocycles. The van der Waals surface area contributed by atoms with Crippen LogP contribution in [0.15, 0.2) is 69.6 Å². The average molecular weight is 430 g/mol. The van der Waals surface area contributed by atoms with Crippen LogP contribution < -0.4 is 0 Å². The maximum atomic E-state index is 12.2. The van der Waals surface area contributed by atoms with Crippen LogP contribution in [-0.2, 0) is 16.0 Å². The molecule has 0 bridgehead atoms. The molecular formula is C22H24BrNO3. The number of benzene rings is 2. The topological polar surface area (TPSA) is 58.9 Å². The molecule has 2 rings (SSSR count). The van der Waals surface area contributed by atoms with Gasteiger partial charge in [0.15, 0.2) is 0 Å². The molecule has 4 nitrogen and oxygen atoms in total. The molecule has 0 aliphatic heterocycles. The molecular weight excluding hydrogens is 406 g/mol. The highest BCUT2D eigenvalue weighted by Gasteiger charge is 2.17. The van der Waals surface area contributed by atoms with Crippen molar-refractivity contribution in [2.45, 2.75) is 26.2 Å². The molecule has 0 spiro atoms. The Labute approximate surface area is 168 Å². The molecule has 1 N–H and O–H groups in total. The first-order valence-electron chi connectivity index (χ1n) is 9.02. The minimum Gasteiger partial charge on any atom is -0.506 e. The van der Waals surface area contributed by atoms with E-state index in [2.05, 4.69) is 33.1 Å². The van der Waals surface area contributed by atoms with E-state index in [1.54, 1.807) is 25.1 Å². The van der Waals surface area contributed by atoms with E-state index in [4.69, 9.17) is 4.74 Å². The summed E-state index contributed by atoms with van der Waals surface area (Å²) in [6.45, 7) is 2.54. The molecule has 0 unspecified atom stereocenters. The number of unbranched alkanes of at least 4 members (excludes halogenated alkanes) is 1. The van der Waals surface area contributed by atoms with Gasteiger partial charge in [0.25, 0.3) is 0 Å². The Balaban J connectivity index is 2.02. The molecule has 5 heteroatoms. The Bertz CT molecular complexity index is 800. The van der Waals surface area contributed by atoms with Crippen LogP contribution in [0.5, 0.6) is 0 Å². The summed E-state index contributed by atoms with van der Waals surface area (Å²) in [4.78, 5) is 16.6. The molecule has 27 heavy (non-hydrogen) atoms. The highest BCUT2D eigenvalue weighted by Crippen LogP contribution is 2.24. The van der Waals surface area contributed by atoms with Crippen molar-refractivity contribution < 1.29 is 14.6 Å². The first kappa shape index (κ1) is 20.9. The van der Waals surface area contributed by atoms with Gasteiger partial charge < -0.3 is 9.84 Å². The lowest BCUT2D eigenvalue weighted by Crippen LogP contribution is -2.11. The predicted octanol–water partition coefficient (Wildman–Crippen LogP) is 5.38. The van der Waals surface area contributed by atoms with Crippen molar-refractivity contribution in [3.05, 3.63) is 75.8 Å². The van der Waals surface area contributed by atoms with Crippen LogP contribution in [0, 0.1) is 0 Å². The highest BCUT2D eigenvalue weighted by molar-refractivity contribution is 9.10. The highest BCUT2D eigenvalue weighted by atomic mass is 79.9. The minimum atomic E-state index is -0.584. The van der Waals surface area contributed by atoms with Gasteiger partial charge in [-0.3, -0.25) is 4.99 Å². The fourth-order valence-corrected chi connectivity index (χ4v) is 3.02. The molecule has 0 heterocycles. The van der Waals surface area contributed by atoms with Gasteiger partial charge in [-0.2, -0.15) is 0 Å². The number of carbonyl (C=O) groups excluding carboxylic acids is 1. The number of aliphatic hydroxyl groups excluding tert-OH is 1. The average Bonchev–Trinajstić information content (AvgIpc) is 2.68. The summed E-state index contributed by atoms with van der Waals surface area (Å²) in [5, 5.41) is 10.6. The van der Waals surface area contributed by atoms with Crippen LogP contribution in [-0.4, -0.2) is 30.4 Å². The van der Waals surface area contributed by atoms with Crippen molar-refractivity contribution in [2.75, 3.05) is 13.2 Å². The lowest BCUT2D eigenvalue weighted by atomic mass is 10.1. The van der Waals surface area contributed by atoms with Crippen LogP contribution in [0.4, 0.5) is 0 Å². The molecule has 2 aromatic carbocycles. The number of esters is 1. The van der Waals surface area contributed by atoms with Crippen LogP contribution in [0.1, 0.15) is 30.9 Å². The van der Waals surface area contributed by atoms with Gasteiger partial charge in [0, 0.05) is 22.8 Å². The van der Waals surface area contributed by atoms with E-state index in [0.717, 1.165) is 19.3 Å². The molecule has 0 saturated heterocycles. The first-order valence-corrected chi connectivity index (χ1v) is 9.81. The van der Waals surface area contributed by atoms with Crippen molar-refractivity contribution in [3.8, 4) is 0 Å². The van der Waals surface area contributed by atoms with Gasteiger partial charge in [-0.05, 0) is 37.8 Å². The van der Waals surface area contributed by atoms with Crippen LogP contribution >= 0.6 is 15.9 Å². The van der Waals surface area contributed by atoms with Crippen molar-refractivity contribution in [2.24, 2.45) is 4.99 Å². The molecule has 0 atom stereocenters. The number of aryl methyl sites for hydroxylation is 1. The first-order chi connectivity index (χ1) is 13.1. The molecule has 0 fully saturated rings. The van der Waals surface area contributed by atoms with Gasteiger partial charge in [0.05, 0.1) is 6.61 Å². The summed E-state index contributed by atoms with van der Waals surface area (Å²) in [6, 6.07) is 17.5. The second-order valence-corrected chi connectivity index (χ2v) is 6.79. The fraction of sp³-hybridized carbons (Fsp3) is 0.273. The maximum absolute atomic E-state index is 12.2. The number of carbonyl (C=O) groups is 1. The minimum absolute atomic E-state index is 0.0619. The number of aliphatic imine (C=N–C) groups is 1. The zero-order valence-electron chi connectivity index (χ0n) is 15.4. The number of nitrogens with zero attached hydrogens (tertiary/aromatic N) is 1. The van der Waals surface area contributed by atoms with Gasteiger partial charge >= 0.3 is 5.97 Å². The zero-order chi connectivity index (χ0) is 19.5. The quantitative estimate of drug-likeness (QED) is 0.191. The summed E-state index contributed by atoms with van der Waals surface area (Å²) >= 11 is 3.39. The fourth-order valence-electron chi connectivity index (χ4n) is 2.55. The van der Waals surface area contributed by atoms with Crippen LogP contribution in [0.3, 0.4) is 0 Å². The van der Waals surface area contributed by atoms with Crippen LogP contribution in [0.2, 0.25) is 0 Å². The Kier molecular flexibility index (Phi) is 8.78. The Morgan fingerprint density at radius 2 is 1.81 bits per heavy atom. The predicted molar refractivity (Wildman–Crippen MR) is 113 cm³/mol. The number of rotatable bonds is 9. The number of hydrogen-bond acceptors (Lipinski definition) is 4. The van der Waals surface area contributed by atoms with Gasteiger partial charge in [-0.15, -0.1) is 0 Å². The molecule has 2 aromatic rings. The van der Waals surface area contributed by atoms with E-state index in [1.807, 2.05) is 24.3 Å². The molecule has 0 aliphatic rings. The molecule has 0 aliphatic carbocycles. The molecule has 142 valence electrons. The third kappa shape index (κ3) is 6.68. The normalized spacial score (nSPS) is 12.1. The third-order valence-electron chi connectivity index (χ3n) is 3.95. The number of ether oxygens (including phenoxy) is 1. The number of hydrogen-bond donors (Lipinski definition) is 1. The second kappa shape index (κ2) is 11.3. The van der Waals surface area contributed by atoms with E-state index in [9.17, 15) is 9.90 Å². The van der Waals surface area contributed by atoms with Crippen molar-refractivity contribution in [1.29, 1.82) is 0 Å². The van der Waals surface area contributed by atoms with E-state index < -0.39 is 5.97 Å². The smallest absolute Gasteiger partial charge is 0.343 e. The summed E-state index contributed by atoms with van der Waals surface area (Å²) in [6.07, 6.45) is 4.32. The Morgan fingerprint density at radius 1 is 1.11 bits per heavy atom. The summed E-state index contributed by atoms with van der Waals surface area (Å²) < 4.78 is 5.75. The van der Waals surface area contributed by atoms with E-state index >= 15 is 0 Å². The summed E-state index contributed by atoms with van der Waals surface area (Å²) in [5.41, 5.74) is 1.89. The Morgan fingerprint density at radius 3 is 2.52 bits per heavy atom. The second-order valence-electron chi connectivity index (χ2n) is 5.94. The molecule has 0 amide bonds. The zero-order valence-corrected chi connectivity index (χ0v) is 17.0. The molecule has 0 aromatic heterocycles. The van der Waals surface area contributed by atoms with E-state index in [-0.39, 0.29) is 17.9 Å². The van der Waals surface area contributed by atoms with Crippen LogP contribution in [0.25, 0.3) is 5.76 Å². The lowest BCUT2D eigenvalue weighted by Gasteiger charge is -2.08. The van der Waals surface area contributed by atoms with Crippen molar-refractivity contribution in [3.63, 3.8) is 0 Å². The van der Waals surface area contributed by atoms with Gasteiger partial charge in [-0.25, -0.2) is 4.79 Å². The monoisotopic (exact) mass is 429 g/mol. The van der Waals surface area contributed by atoms with Gasteiger partial charge in [-0.1, -0.05) is 64.5 Å². The summed E-state index contributed by atoms with van der Waals surface area (Å²) in [7, 11) is 0. The van der Waals surface area contributed by atoms with Gasteiger partial charge in [0.2, 0.25) is 0 Å². The Hall–Kier alpha value is -2.40. The summed E-state index contributed by atoms with van der Waals surface area (Å²) in [5.74, 6) is -0.729. The third-order valence-corrected chi connectivity index (χ3v) is 4.64. The largest absolute Gasteiger partial charge is 0.506 e. The standard InChI is InChI=1S/C22H24BrNO3/c1-2-27-22(26)19(21(25)18-13-6-7-14-20(18)23)16-24-15-9-8-12-17-10-4-3-5-11-17/h3-7,10-11,13-14,16,25H,2,8-9,12,15H2,1H3. The lowest BCUT2D eigenvalue weighted by molar-refractivity contribution is -0.137. The molecule has 0 radical (unpaired) electrons. The number of halogens is 1. The van der Waals surface area contributed by atoms with Crippen molar-refractivity contribution >= 4 is 33.9 Å².